The summed E-state index contributed by atoms with van der Waals surface area (Å²) in [5, 5.41) is 6.39. The Balaban J connectivity index is 1.33. The molecule has 2 fully saturated rings. The average molecular weight is 303 g/mol. The molecule has 6 heteroatoms. The monoisotopic (exact) mass is 303 g/mol. The average Bonchev–Trinajstić information content (AvgIpc) is 3.21. The Labute approximate surface area is 129 Å². The third-order valence-corrected chi connectivity index (χ3v) is 4.87. The van der Waals surface area contributed by atoms with E-state index in [2.05, 4.69) is 15.5 Å². The normalized spacial score (nSPS) is 26.7. The van der Waals surface area contributed by atoms with Crippen LogP contribution >= 0.6 is 0 Å². The summed E-state index contributed by atoms with van der Waals surface area (Å²) >= 11 is 0. The standard InChI is InChI=1S/C16H21N3O3/c20-15(8-19-6-4-16(10-19)3-5-17-9-16)18-12-1-2-13-14(7-12)22-11-21-13/h1-2,7,17H,3-6,8-11H2,(H,18,20). The van der Waals surface area contributed by atoms with Gasteiger partial charge in [0.15, 0.2) is 11.5 Å². The second-order valence-electron chi connectivity index (χ2n) is 6.50. The van der Waals surface area contributed by atoms with Gasteiger partial charge < -0.3 is 20.1 Å². The van der Waals surface area contributed by atoms with Gasteiger partial charge in [-0.1, -0.05) is 0 Å². The number of benzene rings is 1. The molecule has 1 aromatic carbocycles. The maximum absolute atomic E-state index is 12.2. The highest BCUT2D eigenvalue weighted by atomic mass is 16.7. The van der Waals surface area contributed by atoms with Crippen LogP contribution in [0.25, 0.3) is 0 Å². The Morgan fingerprint density at radius 1 is 1.32 bits per heavy atom. The summed E-state index contributed by atoms with van der Waals surface area (Å²) in [5.41, 5.74) is 1.16. The summed E-state index contributed by atoms with van der Waals surface area (Å²) in [7, 11) is 0. The molecule has 1 unspecified atom stereocenters. The molecule has 0 aromatic heterocycles. The lowest BCUT2D eigenvalue weighted by atomic mass is 9.87. The Morgan fingerprint density at radius 2 is 2.23 bits per heavy atom. The number of nitrogens with zero attached hydrogens (tertiary/aromatic N) is 1. The number of fused-ring (bicyclic) bond motifs is 1. The first kappa shape index (κ1) is 13.8. The van der Waals surface area contributed by atoms with E-state index in [0.29, 0.717) is 17.7 Å². The van der Waals surface area contributed by atoms with Gasteiger partial charge in [-0.3, -0.25) is 9.69 Å². The Hall–Kier alpha value is -1.79. The number of carbonyl (C=O) groups is 1. The molecule has 0 radical (unpaired) electrons. The second-order valence-corrected chi connectivity index (χ2v) is 6.50. The predicted octanol–water partition coefficient (Wildman–Crippen LogP) is 1.04. The van der Waals surface area contributed by atoms with Crippen molar-refractivity contribution in [3.8, 4) is 11.5 Å². The zero-order chi connectivity index (χ0) is 15.0. The summed E-state index contributed by atoms with van der Waals surface area (Å²) in [6, 6.07) is 5.48. The number of ether oxygens (including phenoxy) is 2. The summed E-state index contributed by atoms with van der Waals surface area (Å²) in [6.45, 7) is 4.93. The van der Waals surface area contributed by atoms with Crippen molar-refractivity contribution in [1.29, 1.82) is 0 Å². The molecule has 3 aliphatic rings. The van der Waals surface area contributed by atoms with Gasteiger partial charge in [0, 0.05) is 24.8 Å². The minimum atomic E-state index is 0.0295. The van der Waals surface area contributed by atoms with Crippen molar-refractivity contribution in [2.75, 3.05) is 44.8 Å². The third-order valence-electron chi connectivity index (χ3n) is 4.87. The summed E-state index contributed by atoms with van der Waals surface area (Å²) in [6.07, 6.45) is 2.42. The van der Waals surface area contributed by atoms with Gasteiger partial charge in [0.05, 0.1) is 6.54 Å². The highest BCUT2D eigenvalue weighted by Gasteiger charge is 2.40. The van der Waals surface area contributed by atoms with E-state index in [9.17, 15) is 4.79 Å². The molecule has 2 N–H and O–H groups in total. The highest BCUT2D eigenvalue weighted by molar-refractivity contribution is 5.92. The van der Waals surface area contributed by atoms with Gasteiger partial charge >= 0.3 is 0 Å². The number of likely N-dealkylation sites (tertiary alicyclic amines) is 1. The molecule has 118 valence electrons. The lowest BCUT2D eigenvalue weighted by Gasteiger charge is -2.22. The quantitative estimate of drug-likeness (QED) is 0.873. The van der Waals surface area contributed by atoms with E-state index >= 15 is 0 Å². The van der Waals surface area contributed by atoms with Gasteiger partial charge in [0.25, 0.3) is 0 Å². The summed E-state index contributed by atoms with van der Waals surface area (Å²) in [4.78, 5) is 14.5. The molecule has 1 spiro atoms. The van der Waals surface area contributed by atoms with Crippen LogP contribution < -0.4 is 20.1 Å². The maximum Gasteiger partial charge on any atom is 0.238 e. The third kappa shape index (κ3) is 2.64. The molecule has 2 saturated heterocycles. The van der Waals surface area contributed by atoms with E-state index in [1.807, 2.05) is 18.2 Å². The van der Waals surface area contributed by atoms with Crippen LogP contribution in [0.2, 0.25) is 0 Å². The fraction of sp³-hybridized carbons (Fsp3) is 0.562. The van der Waals surface area contributed by atoms with E-state index in [1.54, 1.807) is 0 Å². The van der Waals surface area contributed by atoms with E-state index in [4.69, 9.17) is 9.47 Å². The Kier molecular flexibility index (Phi) is 3.43. The van der Waals surface area contributed by atoms with Gasteiger partial charge in [-0.25, -0.2) is 0 Å². The van der Waals surface area contributed by atoms with Crippen molar-refractivity contribution < 1.29 is 14.3 Å². The molecule has 1 atom stereocenters. The summed E-state index contributed by atoms with van der Waals surface area (Å²) < 4.78 is 10.6. The molecule has 1 aromatic rings. The molecular weight excluding hydrogens is 282 g/mol. The van der Waals surface area contributed by atoms with Crippen LogP contribution in [0.5, 0.6) is 11.5 Å². The number of hydrogen-bond acceptors (Lipinski definition) is 5. The first-order chi connectivity index (χ1) is 10.7. The van der Waals surface area contributed by atoms with Crippen molar-refractivity contribution in [2.24, 2.45) is 5.41 Å². The first-order valence-electron chi connectivity index (χ1n) is 7.85. The molecule has 1 amide bonds. The van der Waals surface area contributed by atoms with Crippen molar-refractivity contribution in [2.45, 2.75) is 12.8 Å². The Morgan fingerprint density at radius 3 is 3.09 bits per heavy atom. The van der Waals surface area contributed by atoms with Crippen molar-refractivity contribution >= 4 is 11.6 Å². The predicted molar refractivity (Wildman–Crippen MR) is 82.2 cm³/mol. The minimum Gasteiger partial charge on any atom is -0.454 e. The molecule has 3 heterocycles. The smallest absolute Gasteiger partial charge is 0.238 e. The fourth-order valence-corrected chi connectivity index (χ4v) is 3.68. The Bertz CT molecular complexity index is 584. The molecular formula is C16H21N3O3. The van der Waals surface area contributed by atoms with Crippen molar-refractivity contribution in [1.82, 2.24) is 10.2 Å². The molecule has 6 nitrogen and oxygen atoms in total. The van der Waals surface area contributed by atoms with Crippen molar-refractivity contribution in [3.63, 3.8) is 0 Å². The van der Waals surface area contributed by atoms with Gasteiger partial charge in [0.2, 0.25) is 12.7 Å². The van der Waals surface area contributed by atoms with E-state index in [0.717, 1.165) is 37.6 Å². The fourth-order valence-electron chi connectivity index (χ4n) is 3.68. The zero-order valence-corrected chi connectivity index (χ0v) is 12.6. The van der Waals surface area contributed by atoms with E-state index < -0.39 is 0 Å². The van der Waals surface area contributed by atoms with Gasteiger partial charge in [-0.2, -0.15) is 0 Å². The van der Waals surface area contributed by atoms with Crippen LogP contribution in [0.1, 0.15) is 12.8 Å². The molecule has 0 bridgehead atoms. The number of rotatable bonds is 3. The molecule has 3 aliphatic heterocycles. The van der Waals surface area contributed by atoms with Crippen LogP contribution in [-0.4, -0.2) is 50.3 Å². The lowest BCUT2D eigenvalue weighted by Crippen LogP contribution is -2.34. The van der Waals surface area contributed by atoms with Crippen LogP contribution in [-0.2, 0) is 4.79 Å². The van der Waals surface area contributed by atoms with Gasteiger partial charge in [-0.05, 0) is 43.5 Å². The van der Waals surface area contributed by atoms with Crippen molar-refractivity contribution in [3.05, 3.63) is 18.2 Å². The topological polar surface area (TPSA) is 62.8 Å². The molecule has 0 aliphatic carbocycles. The maximum atomic E-state index is 12.2. The SMILES string of the molecule is O=C(CN1CCC2(CCNC2)C1)Nc1ccc2c(c1)OCO2. The number of carbonyl (C=O) groups excluding carboxylic acids is 1. The van der Waals surface area contributed by atoms with Gasteiger partial charge in [-0.15, -0.1) is 0 Å². The first-order valence-corrected chi connectivity index (χ1v) is 7.85. The molecule has 0 saturated carbocycles. The number of nitrogens with one attached hydrogen (secondary N) is 2. The minimum absolute atomic E-state index is 0.0295. The highest BCUT2D eigenvalue weighted by Crippen LogP contribution is 2.36. The number of hydrogen-bond donors (Lipinski definition) is 2. The lowest BCUT2D eigenvalue weighted by molar-refractivity contribution is -0.117. The van der Waals surface area contributed by atoms with E-state index in [1.165, 1.54) is 12.8 Å². The van der Waals surface area contributed by atoms with Crippen LogP contribution in [0.3, 0.4) is 0 Å². The zero-order valence-electron chi connectivity index (χ0n) is 12.6. The number of amides is 1. The summed E-state index contributed by atoms with van der Waals surface area (Å²) in [5.74, 6) is 1.45. The largest absolute Gasteiger partial charge is 0.454 e. The van der Waals surface area contributed by atoms with E-state index in [-0.39, 0.29) is 12.7 Å². The molecule has 22 heavy (non-hydrogen) atoms. The number of anilines is 1. The van der Waals surface area contributed by atoms with Crippen LogP contribution in [0.4, 0.5) is 5.69 Å². The van der Waals surface area contributed by atoms with Crippen LogP contribution in [0.15, 0.2) is 18.2 Å². The second kappa shape index (κ2) is 5.44. The van der Waals surface area contributed by atoms with Gasteiger partial charge in [0.1, 0.15) is 0 Å². The van der Waals surface area contributed by atoms with Crippen LogP contribution in [0, 0.1) is 5.41 Å². The molecule has 4 rings (SSSR count).